The maximum Gasteiger partial charge on any atom is 0.209 e. The van der Waals surface area contributed by atoms with Crippen molar-refractivity contribution in [3.63, 3.8) is 0 Å². The van der Waals surface area contributed by atoms with Gasteiger partial charge in [0.15, 0.2) is 0 Å². The Morgan fingerprint density at radius 3 is 2.21 bits per heavy atom. The lowest BCUT2D eigenvalue weighted by atomic mass is 9.86. The third kappa shape index (κ3) is 2.34. The highest BCUT2D eigenvalue weighted by molar-refractivity contribution is 5.77. The Balaban J connectivity index is 2.53. The summed E-state index contributed by atoms with van der Waals surface area (Å²) in [7, 11) is 0. The molecule has 0 unspecified atom stereocenters. The van der Waals surface area contributed by atoms with E-state index in [9.17, 15) is 0 Å². The molecule has 2 rings (SSSR count). The molecule has 2 aromatic rings. The summed E-state index contributed by atoms with van der Waals surface area (Å²) in [4.78, 5) is 0. The first-order valence-corrected chi connectivity index (χ1v) is 6.24. The molecule has 0 fully saturated rings. The minimum absolute atomic E-state index is 0.112. The van der Waals surface area contributed by atoms with Gasteiger partial charge in [0.1, 0.15) is 17.4 Å². The lowest BCUT2D eigenvalue weighted by molar-refractivity contribution is 0.554. The predicted molar refractivity (Wildman–Crippen MR) is 76.7 cm³/mol. The van der Waals surface area contributed by atoms with Gasteiger partial charge < -0.3 is 10.2 Å². The van der Waals surface area contributed by atoms with Crippen LogP contribution in [0.15, 0.2) is 28.7 Å². The van der Waals surface area contributed by atoms with Gasteiger partial charge in [-0.2, -0.15) is 5.26 Å². The summed E-state index contributed by atoms with van der Waals surface area (Å²) in [5.74, 6) is 0.868. The fraction of sp³-hybridized carbons (Fsp3) is 0.312. The maximum atomic E-state index is 9.17. The lowest BCUT2D eigenvalue weighted by Crippen LogP contribution is -2.10. The third-order valence-electron chi connectivity index (χ3n) is 3.26. The summed E-state index contributed by atoms with van der Waals surface area (Å²) in [5, 5.41) is 9.17. The summed E-state index contributed by atoms with van der Waals surface area (Å²) < 4.78 is 5.34. The predicted octanol–water partition coefficient (Wildman–Crippen LogP) is 4.01. The normalized spacial score (nSPS) is 11.3. The first-order chi connectivity index (χ1) is 8.84. The van der Waals surface area contributed by atoms with Crippen molar-refractivity contribution in [2.75, 3.05) is 5.73 Å². The van der Waals surface area contributed by atoms with Crippen LogP contribution in [-0.2, 0) is 5.41 Å². The zero-order chi connectivity index (χ0) is 14.2. The number of nitrogens with zero attached hydrogens (tertiary/aromatic N) is 1. The van der Waals surface area contributed by atoms with Gasteiger partial charge in [-0.3, -0.25) is 0 Å². The Hall–Kier alpha value is -2.21. The Morgan fingerprint density at radius 1 is 1.16 bits per heavy atom. The minimum Gasteiger partial charge on any atom is -0.444 e. The van der Waals surface area contributed by atoms with Crippen LogP contribution in [0.4, 0.5) is 5.88 Å². The van der Waals surface area contributed by atoms with Gasteiger partial charge in [0.05, 0.1) is 0 Å². The van der Waals surface area contributed by atoms with Gasteiger partial charge in [0.25, 0.3) is 0 Å². The summed E-state index contributed by atoms with van der Waals surface area (Å²) in [6, 6.07) is 10.3. The van der Waals surface area contributed by atoms with Gasteiger partial charge in [0.2, 0.25) is 5.88 Å². The number of anilines is 1. The topological polar surface area (TPSA) is 62.9 Å². The van der Waals surface area contributed by atoms with Gasteiger partial charge in [-0.05, 0) is 23.5 Å². The van der Waals surface area contributed by atoms with Crippen molar-refractivity contribution in [2.24, 2.45) is 0 Å². The molecule has 0 amide bonds. The van der Waals surface area contributed by atoms with Gasteiger partial charge in [-0.25, -0.2) is 0 Å². The van der Waals surface area contributed by atoms with E-state index in [4.69, 9.17) is 15.4 Å². The second kappa shape index (κ2) is 4.47. The van der Waals surface area contributed by atoms with E-state index in [1.165, 1.54) is 5.56 Å². The SMILES string of the molecule is Cc1oc(N)c(C#N)c1-c1ccc(C(C)(C)C)cc1. The zero-order valence-electron chi connectivity index (χ0n) is 11.7. The van der Waals surface area contributed by atoms with E-state index in [0.717, 1.165) is 11.1 Å². The average Bonchev–Trinajstić information content (AvgIpc) is 2.62. The molecule has 19 heavy (non-hydrogen) atoms. The molecule has 0 bridgehead atoms. The van der Waals surface area contributed by atoms with Crippen LogP contribution in [0.1, 0.15) is 37.7 Å². The van der Waals surface area contributed by atoms with Crippen molar-refractivity contribution in [1.29, 1.82) is 5.26 Å². The molecular formula is C16H18N2O. The molecule has 1 aromatic carbocycles. The molecular weight excluding hydrogens is 236 g/mol. The fourth-order valence-corrected chi connectivity index (χ4v) is 2.16. The van der Waals surface area contributed by atoms with Crippen molar-refractivity contribution in [3.05, 3.63) is 41.2 Å². The second-order valence-electron chi connectivity index (χ2n) is 5.71. The van der Waals surface area contributed by atoms with Crippen LogP contribution >= 0.6 is 0 Å². The summed E-state index contributed by atoms with van der Waals surface area (Å²) in [6.07, 6.45) is 0. The highest BCUT2D eigenvalue weighted by Crippen LogP contribution is 2.34. The van der Waals surface area contributed by atoms with Crippen molar-refractivity contribution in [2.45, 2.75) is 33.1 Å². The van der Waals surface area contributed by atoms with Crippen molar-refractivity contribution in [3.8, 4) is 17.2 Å². The van der Waals surface area contributed by atoms with E-state index in [1.807, 2.05) is 19.1 Å². The molecule has 0 saturated heterocycles. The molecule has 1 heterocycles. The summed E-state index contributed by atoms with van der Waals surface area (Å²) >= 11 is 0. The molecule has 0 atom stereocenters. The van der Waals surface area contributed by atoms with E-state index < -0.39 is 0 Å². The molecule has 0 aliphatic heterocycles. The summed E-state index contributed by atoms with van der Waals surface area (Å²) in [6.45, 7) is 8.33. The Morgan fingerprint density at radius 2 is 1.74 bits per heavy atom. The molecule has 0 aliphatic rings. The Kier molecular flexibility index (Phi) is 3.11. The largest absolute Gasteiger partial charge is 0.444 e. The quantitative estimate of drug-likeness (QED) is 0.836. The summed E-state index contributed by atoms with van der Waals surface area (Å²) in [5.41, 5.74) is 9.24. The molecule has 2 N–H and O–H groups in total. The molecule has 0 radical (unpaired) electrons. The highest BCUT2D eigenvalue weighted by Gasteiger charge is 2.18. The first kappa shape index (κ1) is 13.2. The molecule has 3 heteroatoms. The number of aryl methyl sites for hydroxylation is 1. The monoisotopic (exact) mass is 254 g/mol. The average molecular weight is 254 g/mol. The Bertz CT molecular complexity index is 637. The van der Waals surface area contributed by atoms with Crippen LogP contribution in [0, 0.1) is 18.3 Å². The highest BCUT2D eigenvalue weighted by atomic mass is 16.4. The zero-order valence-corrected chi connectivity index (χ0v) is 11.7. The van der Waals surface area contributed by atoms with E-state index in [-0.39, 0.29) is 11.3 Å². The number of rotatable bonds is 1. The van der Waals surface area contributed by atoms with Crippen LogP contribution in [0.5, 0.6) is 0 Å². The first-order valence-electron chi connectivity index (χ1n) is 6.24. The number of nitrogen functional groups attached to an aromatic ring is 1. The van der Waals surface area contributed by atoms with Crippen LogP contribution in [0.2, 0.25) is 0 Å². The van der Waals surface area contributed by atoms with Gasteiger partial charge >= 0.3 is 0 Å². The van der Waals surface area contributed by atoms with Crippen LogP contribution in [0.3, 0.4) is 0 Å². The molecule has 98 valence electrons. The third-order valence-corrected chi connectivity index (χ3v) is 3.26. The van der Waals surface area contributed by atoms with Crippen LogP contribution in [-0.4, -0.2) is 0 Å². The smallest absolute Gasteiger partial charge is 0.209 e. The van der Waals surface area contributed by atoms with E-state index in [0.29, 0.717) is 11.3 Å². The number of benzene rings is 1. The minimum atomic E-state index is 0.112. The number of furan rings is 1. The number of hydrogen-bond acceptors (Lipinski definition) is 3. The van der Waals surface area contributed by atoms with Crippen molar-refractivity contribution in [1.82, 2.24) is 0 Å². The molecule has 1 aromatic heterocycles. The molecule has 3 nitrogen and oxygen atoms in total. The lowest BCUT2D eigenvalue weighted by Gasteiger charge is -2.19. The standard InChI is InChI=1S/C16H18N2O/c1-10-14(13(9-17)15(18)19-10)11-5-7-12(8-6-11)16(2,3)4/h5-8H,18H2,1-4H3. The van der Waals surface area contributed by atoms with Gasteiger partial charge in [0, 0.05) is 5.56 Å². The number of nitrogens with two attached hydrogens (primary N) is 1. The number of nitriles is 1. The molecule has 0 spiro atoms. The Labute approximate surface area is 113 Å². The van der Waals surface area contributed by atoms with Gasteiger partial charge in [-0.1, -0.05) is 45.0 Å². The van der Waals surface area contributed by atoms with E-state index in [1.54, 1.807) is 0 Å². The van der Waals surface area contributed by atoms with Crippen molar-refractivity contribution >= 4 is 5.88 Å². The fourth-order valence-electron chi connectivity index (χ4n) is 2.16. The van der Waals surface area contributed by atoms with Crippen LogP contribution in [0.25, 0.3) is 11.1 Å². The van der Waals surface area contributed by atoms with Gasteiger partial charge in [-0.15, -0.1) is 0 Å². The molecule has 0 saturated carbocycles. The molecule has 0 aliphatic carbocycles. The van der Waals surface area contributed by atoms with E-state index in [2.05, 4.69) is 39.0 Å². The maximum absolute atomic E-state index is 9.17. The van der Waals surface area contributed by atoms with E-state index >= 15 is 0 Å². The van der Waals surface area contributed by atoms with Crippen LogP contribution < -0.4 is 5.73 Å². The number of hydrogen-bond donors (Lipinski definition) is 1. The second-order valence-corrected chi connectivity index (χ2v) is 5.71. The van der Waals surface area contributed by atoms with Crippen molar-refractivity contribution < 1.29 is 4.42 Å².